The van der Waals surface area contributed by atoms with Gasteiger partial charge >= 0.3 is 0 Å². The third-order valence-electron chi connectivity index (χ3n) is 3.86. The molecule has 0 fully saturated rings. The van der Waals surface area contributed by atoms with Crippen molar-refractivity contribution in [2.45, 2.75) is 26.3 Å². The Kier molecular flexibility index (Phi) is 6.32. The topological polar surface area (TPSA) is 77.0 Å². The van der Waals surface area contributed by atoms with Crippen molar-refractivity contribution in [1.82, 2.24) is 19.9 Å². The predicted octanol–water partition coefficient (Wildman–Crippen LogP) is 1.84. The van der Waals surface area contributed by atoms with E-state index >= 15 is 0 Å². The zero-order valence-electron chi connectivity index (χ0n) is 13.5. The number of amides is 1. The standard InChI is InChI=1S/C15H23N5O.ClH/c1-10(2)12(16)7-8-19(3)15(21)11-5-6-14-13(9-11)17-18-20(14)4;/h5-6,9-10,12H,7-8,16H2,1-4H3;1H. The zero-order valence-corrected chi connectivity index (χ0v) is 14.3. The highest BCUT2D eigenvalue weighted by atomic mass is 35.5. The summed E-state index contributed by atoms with van der Waals surface area (Å²) in [5.74, 6) is 0.406. The lowest BCUT2D eigenvalue weighted by Crippen LogP contribution is -2.34. The maximum atomic E-state index is 12.4. The van der Waals surface area contributed by atoms with Crippen LogP contribution in [0, 0.1) is 5.92 Å². The molecule has 6 nitrogen and oxygen atoms in total. The number of aryl methyl sites for hydroxylation is 1. The molecule has 22 heavy (non-hydrogen) atoms. The van der Waals surface area contributed by atoms with Crippen LogP contribution in [0.2, 0.25) is 0 Å². The molecule has 2 N–H and O–H groups in total. The summed E-state index contributed by atoms with van der Waals surface area (Å²) in [5, 5.41) is 7.99. The van der Waals surface area contributed by atoms with Gasteiger partial charge in [0.05, 0.1) is 5.52 Å². The minimum absolute atomic E-state index is 0. The molecule has 0 radical (unpaired) electrons. The molecular weight excluding hydrogens is 302 g/mol. The summed E-state index contributed by atoms with van der Waals surface area (Å²) in [6.07, 6.45) is 0.799. The van der Waals surface area contributed by atoms with Gasteiger partial charge in [-0.2, -0.15) is 0 Å². The molecule has 122 valence electrons. The molecule has 0 spiro atoms. The molecule has 0 aliphatic rings. The van der Waals surface area contributed by atoms with E-state index in [4.69, 9.17) is 5.73 Å². The Bertz CT molecular complexity index is 640. The minimum atomic E-state index is -0.0153. The van der Waals surface area contributed by atoms with Crippen molar-refractivity contribution in [2.24, 2.45) is 18.7 Å². The molecule has 1 unspecified atom stereocenters. The quantitative estimate of drug-likeness (QED) is 0.910. The monoisotopic (exact) mass is 325 g/mol. The van der Waals surface area contributed by atoms with E-state index < -0.39 is 0 Å². The van der Waals surface area contributed by atoms with Crippen LogP contribution in [0.25, 0.3) is 11.0 Å². The Morgan fingerprint density at radius 3 is 2.73 bits per heavy atom. The average Bonchev–Trinajstić information content (AvgIpc) is 2.84. The van der Waals surface area contributed by atoms with Crippen LogP contribution in [-0.2, 0) is 7.05 Å². The maximum absolute atomic E-state index is 12.4. The summed E-state index contributed by atoms with van der Waals surface area (Å²) in [6, 6.07) is 5.58. The Morgan fingerprint density at radius 1 is 1.41 bits per heavy atom. The van der Waals surface area contributed by atoms with Gasteiger partial charge in [-0.05, 0) is 30.5 Å². The van der Waals surface area contributed by atoms with Crippen molar-refractivity contribution in [3.8, 4) is 0 Å². The van der Waals surface area contributed by atoms with Crippen molar-refractivity contribution in [2.75, 3.05) is 13.6 Å². The molecule has 0 aliphatic heterocycles. The molecule has 1 aromatic carbocycles. The normalized spacial score (nSPS) is 12.3. The third kappa shape index (κ3) is 3.96. The number of halogens is 1. The highest BCUT2D eigenvalue weighted by molar-refractivity contribution is 5.97. The number of hydrogen-bond acceptors (Lipinski definition) is 4. The minimum Gasteiger partial charge on any atom is -0.342 e. The van der Waals surface area contributed by atoms with Gasteiger partial charge in [0, 0.05) is 32.2 Å². The van der Waals surface area contributed by atoms with E-state index in [-0.39, 0.29) is 24.4 Å². The van der Waals surface area contributed by atoms with Crippen molar-refractivity contribution >= 4 is 29.3 Å². The molecule has 2 rings (SSSR count). The first kappa shape index (κ1) is 18.4. The van der Waals surface area contributed by atoms with Crippen LogP contribution < -0.4 is 5.73 Å². The van der Waals surface area contributed by atoms with Crippen LogP contribution in [0.15, 0.2) is 18.2 Å². The Hall–Kier alpha value is -1.66. The second-order valence-electron chi connectivity index (χ2n) is 5.84. The predicted molar refractivity (Wildman–Crippen MR) is 90.1 cm³/mol. The van der Waals surface area contributed by atoms with Crippen LogP contribution >= 0.6 is 12.4 Å². The second kappa shape index (κ2) is 7.56. The molecule has 7 heteroatoms. The van der Waals surface area contributed by atoms with Gasteiger partial charge in [-0.3, -0.25) is 4.79 Å². The fraction of sp³-hybridized carbons (Fsp3) is 0.533. The Morgan fingerprint density at radius 2 is 2.09 bits per heavy atom. The van der Waals surface area contributed by atoms with Crippen LogP contribution in [0.5, 0.6) is 0 Å². The summed E-state index contributed by atoms with van der Waals surface area (Å²) in [7, 11) is 3.63. The van der Waals surface area contributed by atoms with Crippen LogP contribution in [0.1, 0.15) is 30.6 Å². The van der Waals surface area contributed by atoms with Gasteiger partial charge < -0.3 is 10.6 Å². The molecule has 1 heterocycles. The number of nitrogens with zero attached hydrogens (tertiary/aromatic N) is 4. The van der Waals surface area contributed by atoms with Gasteiger partial charge in [0.25, 0.3) is 5.91 Å². The summed E-state index contributed by atoms with van der Waals surface area (Å²) >= 11 is 0. The molecule has 1 aromatic heterocycles. The van der Waals surface area contributed by atoms with E-state index in [1.165, 1.54) is 0 Å². The number of rotatable bonds is 5. The van der Waals surface area contributed by atoms with E-state index in [0.717, 1.165) is 17.5 Å². The first-order chi connectivity index (χ1) is 9.90. The molecule has 0 bridgehead atoms. The van der Waals surface area contributed by atoms with Crippen molar-refractivity contribution in [1.29, 1.82) is 0 Å². The molecule has 0 saturated carbocycles. The molecule has 2 aromatic rings. The number of carbonyl (C=O) groups is 1. The zero-order chi connectivity index (χ0) is 15.6. The van der Waals surface area contributed by atoms with Crippen molar-refractivity contribution < 1.29 is 4.79 Å². The molecule has 0 aliphatic carbocycles. The third-order valence-corrected chi connectivity index (χ3v) is 3.86. The molecule has 1 atom stereocenters. The van der Waals surface area contributed by atoms with Gasteiger partial charge in [-0.25, -0.2) is 4.68 Å². The Balaban J connectivity index is 0.00000242. The lowest BCUT2D eigenvalue weighted by atomic mass is 10.0. The molecule has 0 saturated heterocycles. The van der Waals surface area contributed by atoms with Gasteiger partial charge in [0.1, 0.15) is 5.52 Å². The van der Waals surface area contributed by atoms with Crippen molar-refractivity contribution in [3.05, 3.63) is 23.8 Å². The fourth-order valence-electron chi connectivity index (χ4n) is 2.17. The van der Waals surface area contributed by atoms with Crippen LogP contribution in [0.4, 0.5) is 0 Å². The van der Waals surface area contributed by atoms with Gasteiger partial charge in [-0.1, -0.05) is 19.1 Å². The van der Waals surface area contributed by atoms with Crippen LogP contribution in [0.3, 0.4) is 0 Å². The highest BCUT2D eigenvalue weighted by Gasteiger charge is 2.15. The first-order valence-electron chi connectivity index (χ1n) is 7.20. The van der Waals surface area contributed by atoms with Crippen LogP contribution in [-0.4, -0.2) is 45.4 Å². The number of benzene rings is 1. The van der Waals surface area contributed by atoms with Gasteiger partial charge in [-0.15, -0.1) is 17.5 Å². The second-order valence-corrected chi connectivity index (χ2v) is 5.84. The van der Waals surface area contributed by atoms with Gasteiger partial charge in [0.15, 0.2) is 0 Å². The number of aromatic nitrogens is 3. The molecule has 1 amide bonds. The summed E-state index contributed by atoms with van der Waals surface area (Å²) < 4.78 is 1.69. The Labute approximate surface area is 137 Å². The van der Waals surface area contributed by atoms with E-state index in [9.17, 15) is 4.79 Å². The van der Waals surface area contributed by atoms with E-state index in [0.29, 0.717) is 18.0 Å². The number of nitrogens with two attached hydrogens (primary N) is 1. The smallest absolute Gasteiger partial charge is 0.253 e. The van der Waals surface area contributed by atoms with E-state index in [1.807, 2.05) is 19.2 Å². The van der Waals surface area contributed by atoms with E-state index in [2.05, 4.69) is 24.2 Å². The number of fused-ring (bicyclic) bond motifs is 1. The van der Waals surface area contributed by atoms with Crippen molar-refractivity contribution in [3.63, 3.8) is 0 Å². The largest absolute Gasteiger partial charge is 0.342 e. The summed E-state index contributed by atoms with van der Waals surface area (Å²) in [5.41, 5.74) is 8.30. The van der Waals surface area contributed by atoms with E-state index in [1.54, 1.807) is 22.7 Å². The fourth-order valence-corrected chi connectivity index (χ4v) is 2.17. The maximum Gasteiger partial charge on any atom is 0.253 e. The van der Waals surface area contributed by atoms with Gasteiger partial charge in [0.2, 0.25) is 0 Å². The number of carbonyl (C=O) groups excluding carboxylic acids is 1. The first-order valence-corrected chi connectivity index (χ1v) is 7.20. The summed E-state index contributed by atoms with van der Waals surface area (Å²) in [6.45, 7) is 4.83. The summed E-state index contributed by atoms with van der Waals surface area (Å²) in [4.78, 5) is 14.1. The lowest BCUT2D eigenvalue weighted by molar-refractivity contribution is 0.0789. The number of hydrogen-bond donors (Lipinski definition) is 1. The highest BCUT2D eigenvalue weighted by Crippen LogP contribution is 2.14. The average molecular weight is 326 g/mol. The SMILES string of the molecule is CC(C)C(N)CCN(C)C(=O)c1ccc2c(c1)nnn2C.Cl. The lowest BCUT2D eigenvalue weighted by Gasteiger charge is -2.21. The molecular formula is C15H24ClN5O.